The largest absolute Gasteiger partial charge is 0.369 e. The molecule has 6 heteroatoms. The standard InChI is InChI=1S/C27H35N5O/c1-22-19-23(2)32(29-22)21-24-9-8-10-25(20-24)27(33)28-13-6-7-14-30-15-17-31(18-16-30)26-11-4-3-5-12-26/h3-5,8-12,19-20H,6-7,13-18,21H2,1-2H3,(H,28,33). The summed E-state index contributed by atoms with van der Waals surface area (Å²) in [4.78, 5) is 17.6. The van der Waals surface area contributed by atoms with E-state index in [1.165, 1.54) is 5.69 Å². The molecular formula is C27H35N5O. The molecule has 1 aromatic heterocycles. The first-order valence-electron chi connectivity index (χ1n) is 12.0. The lowest BCUT2D eigenvalue weighted by atomic mass is 10.1. The Bertz CT molecular complexity index is 1040. The van der Waals surface area contributed by atoms with E-state index in [0.717, 1.165) is 62.5 Å². The van der Waals surface area contributed by atoms with Crippen LogP contribution in [0.1, 0.15) is 40.2 Å². The fourth-order valence-corrected chi connectivity index (χ4v) is 4.45. The van der Waals surface area contributed by atoms with Gasteiger partial charge in [0.05, 0.1) is 12.2 Å². The molecule has 2 heterocycles. The Morgan fingerprint density at radius 3 is 2.45 bits per heavy atom. The van der Waals surface area contributed by atoms with Crippen LogP contribution in [0, 0.1) is 13.8 Å². The molecule has 0 bridgehead atoms. The highest BCUT2D eigenvalue weighted by Crippen LogP contribution is 2.16. The van der Waals surface area contributed by atoms with Gasteiger partial charge in [0, 0.05) is 49.7 Å². The molecule has 4 rings (SSSR count). The van der Waals surface area contributed by atoms with Crippen LogP contribution < -0.4 is 10.2 Å². The van der Waals surface area contributed by atoms with Crippen LogP contribution in [0.4, 0.5) is 5.69 Å². The van der Waals surface area contributed by atoms with E-state index in [1.54, 1.807) is 0 Å². The highest BCUT2D eigenvalue weighted by Gasteiger charge is 2.16. The normalized spacial score (nSPS) is 14.4. The number of aromatic nitrogens is 2. The number of piperazine rings is 1. The number of nitrogens with zero attached hydrogens (tertiary/aromatic N) is 4. The number of hydrogen-bond donors (Lipinski definition) is 1. The van der Waals surface area contributed by atoms with Gasteiger partial charge in [0.1, 0.15) is 0 Å². The van der Waals surface area contributed by atoms with Crippen LogP contribution in [0.3, 0.4) is 0 Å². The van der Waals surface area contributed by atoms with Crippen molar-refractivity contribution < 1.29 is 4.79 Å². The van der Waals surface area contributed by atoms with Gasteiger partial charge in [0.2, 0.25) is 0 Å². The highest BCUT2D eigenvalue weighted by molar-refractivity contribution is 5.94. The van der Waals surface area contributed by atoms with E-state index in [4.69, 9.17) is 0 Å². The Morgan fingerprint density at radius 2 is 1.73 bits per heavy atom. The maximum absolute atomic E-state index is 12.6. The number of para-hydroxylation sites is 1. The maximum atomic E-state index is 12.6. The van der Waals surface area contributed by atoms with Gasteiger partial charge < -0.3 is 10.2 Å². The molecule has 1 aliphatic heterocycles. The second-order valence-corrected chi connectivity index (χ2v) is 8.91. The van der Waals surface area contributed by atoms with E-state index in [-0.39, 0.29) is 5.91 Å². The van der Waals surface area contributed by atoms with E-state index in [0.29, 0.717) is 18.7 Å². The van der Waals surface area contributed by atoms with Crippen molar-refractivity contribution in [3.8, 4) is 0 Å². The topological polar surface area (TPSA) is 53.4 Å². The van der Waals surface area contributed by atoms with E-state index in [1.807, 2.05) is 35.9 Å². The lowest BCUT2D eigenvalue weighted by Crippen LogP contribution is -2.46. The lowest BCUT2D eigenvalue weighted by molar-refractivity contribution is 0.0952. The molecule has 0 atom stereocenters. The SMILES string of the molecule is Cc1cc(C)n(Cc2cccc(C(=O)NCCCCN3CCN(c4ccccc4)CC3)c2)n1. The van der Waals surface area contributed by atoms with Gasteiger partial charge in [-0.15, -0.1) is 0 Å². The predicted molar refractivity (Wildman–Crippen MR) is 134 cm³/mol. The number of carbonyl (C=O) groups is 1. The summed E-state index contributed by atoms with van der Waals surface area (Å²) in [7, 11) is 0. The van der Waals surface area contributed by atoms with E-state index in [2.05, 4.69) is 63.5 Å². The highest BCUT2D eigenvalue weighted by atomic mass is 16.1. The van der Waals surface area contributed by atoms with Crippen molar-refractivity contribution in [2.24, 2.45) is 0 Å². The molecule has 0 spiro atoms. The zero-order chi connectivity index (χ0) is 23.0. The summed E-state index contributed by atoms with van der Waals surface area (Å²) in [5, 5.41) is 7.60. The summed E-state index contributed by atoms with van der Waals surface area (Å²) in [5.41, 5.74) is 5.26. The summed E-state index contributed by atoms with van der Waals surface area (Å²) in [6, 6.07) is 20.6. The van der Waals surface area contributed by atoms with E-state index < -0.39 is 0 Å². The van der Waals surface area contributed by atoms with Gasteiger partial charge in [0.25, 0.3) is 5.91 Å². The van der Waals surface area contributed by atoms with Gasteiger partial charge >= 0.3 is 0 Å². The number of benzene rings is 2. The van der Waals surface area contributed by atoms with E-state index in [9.17, 15) is 4.79 Å². The Morgan fingerprint density at radius 1 is 0.939 bits per heavy atom. The molecule has 3 aromatic rings. The van der Waals surface area contributed by atoms with Crippen LogP contribution >= 0.6 is 0 Å². The van der Waals surface area contributed by atoms with Gasteiger partial charge in [0.15, 0.2) is 0 Å². The summed E-state index contributed by atoms with van der Waals surface area (Å²) in [6.07, 6.45) is 2.10. The van der Waals surface area contributed by atoms with Gasteiger partial charge in [-0.2, -0.15) is 5.10 Å². The molecule has 0 aliphatic carbocycles. The van der Waals surface area contributed by atoms with Gasteiger partial charge in [-0.25, -0.2) is 0 Å². The Kier molecular flexibility index (Phi) is 7.79. The molecule has 0 radical (unpaired) electrons. The van der Waals surface area contributed by atoms with E-state index >= 15 is 0 Å². The Labute approximate surface area is 197 Å². The predicted octanol–water partition coefficient (Wildman–Crippen LogP) is 3.88. The number of nitrogens with one attached hydrogen (secondary N) is 1. The molecule has 0 unspecified atom stereocenters. The minimum absolute atomic E-state index is 0.00157. The number of anilines is 1. The monoisotopic (exact) mass is 445 g/mol. The van der Waals surface area contributed by atoms with Crippen LogP contribution in [0.5, 0.6) is 0 Å². The minimum atomic E-state index is 0.00157. The van der Waals surface area contributed by atoms with Crippen LogP contribution in [-0.2, 0) is 6.54 Å². The van der Waals surface area contributed by atoms with Crippen molar-refractivity contribution in [3.63, 3.8) is 0 Å². The number of hydrogen-bond acceptors (Lipinski definition) is 4. The molecule has 0 saturated carbocycles. The number of carbonyl (C=O) groups excluding carboxylic acids is 1. The van der Waals surface area contributed by atoms with Crippen LogP contribution in [-0.4, -0.2) is 59.9 Å². The van der Waals surface area contributed by atoms with Crippen LogP contribution in [0.15, 0.2) is 60.7 Å². The zero-order valence-electron chi connectivity index (χ0n) is 19.8. The van der Waals surface area contributed by atoms with Crippen molar-refractivity contribution >= 4 is 11.6 Å². The number of rotatable bonds is 9. The fourth-order valence-electron chi connectivity index (χ4n) is 4.45. The van der Waals surface area contributed by atoms with Crippen molar-refractivity contribution in [2.45, 2.75) is 33.2 Å². The molecule has 2 aromatic carbocycles. The average molecular weight is 446 g/mol. The molecule has 1 aliphatic rings. The maximum Gasteiger partial charge on any atom is 0.251 e. The smallest absolute Gasteiger partial charge is 0.251 e. The first-order valence-corrected chi connectivity index (χ1v) is 12.0. The number of aryl methyl sites for hydroxylation is 2. The van der Waals surface area contributed by atoms with Crippen molar-refractivity contribution in [3.05, 3.63) is 83.2 Å². The number of unbranched alkanes of at least 4 members (excludes halogenated alkanes) is 1. The third-order valence-corrected chi connectivity index (χ3v) is 6.31. The molecule has 1 N–H and O–H groups in total. The number of amides is 1. The quantitative estimate of drug-likeness (QED) is 0.508. The average Bonchev–Trinajstić information content (AvgIpc) is 3.16. The molecule has 1 fully saturated rings. The van der Waals surface area contributed by atoms with Crippen molar-refractivity contribution in [2.75, 3.05) is 44.2 Å². The zero-order valence-corrected chi connectivity index (χ0v) is 19.8. The lowest BCUT2D eigenvalue weighted by Gasteiger charge is -2.36. The first kappa shape index (κ1) is 23.1. The summed E-state index contributed by atoms with van der Waals surface area (Å²) in [5.74, 6) is 0.00157. The van der Waals surface area contributed by atoms with Gasteiger partial charge in [-0.05, 0) is 69.1 Å². The molecular weight excluding hydrogens is 410 g/mol. The summed E-state index contributed by atoms with van der Waals surface area (Å²) >= 11 is 0. The van der Waals surface area contributed by atoms with Crippen molar-refractivity contribution in [1.82, 2.24) is 20.0 Å². The van der Waals surface area contributed by atoms with Gasteiger partial charge in [-0.3, -0.25) is 14.4 Å². The molecule has 1 saturated heterocycles. The van der Waals surface area contributed by atoms with Crippen LogP contribution in [0.2, 0.25) is 0 Å². The third kappa shape index (κ3) is 6.45. The van der Waals surface area contributed by atoms with Crippen molar-refractivity contribution in [1.29, 1.82) is 0 Å². The molecule has 1 amide bonds. The molecule has 6 nitrogen and oxygen atoms in total. The molecule has 174 valence electrons. The molecule has 33 heavy (non-hydrogen) atoms. The Balaban J connectivity index is 1.15. The van der Waals surface area contributed by atoms with Gasteiger partial charge in [-0.1, -0.05) is 30.3 Å². The first-order chi connectivity index (χ1) is 16.1. The fraction of sp³-hybridized carbons (Fsp3) is 0.407. The van der Waals surface area contributed by atoms with Crippen LogP contribution in [0.25, 0.3) is 0 Å². The third-order valence-electron chi connectivity index (χ3n) is 6.31. The summed E-state index contributed by atoms with van der Waals surface area (Å²) < 4.78 is 1.98. The second kappa shape index (κ2) is 11.1. The second-order valence-electron chi connectivity index (χ2n) is 8.91. The Hall–Kier alpha value is -3.12. The minimum Gasteiger partial charge on any atom is -0.369 e. The summed E-state index contributed by atoms with van der Waals surface area (Å²) in [6.45, 7) is 10.9.